The van der Waals surface area contributed by atoms with Crippen molar-refractivity contribution >= 4 is 27.8 Å². The van der Waals surface area contributed by atoms with Gasteiger partial charge in [0.05, 0.1) is 11.9 Å². The fourth-order valence-electron chi connectivity index (χ4n) is 3.19. The molecule has 0 aliphatic rings. The lowest BCUT2D eigenvalue weighted by Gasteiger charge is -2.04. The van der Waals surface area contributed by atoms with E-state index >= 15 is 0 Å². The first-order chi connectivity index (χ1) is 12.8. The summed E-state index contributed by atoms with van der Waals surface area (Å²) >= 11 is 0. The summed E-state index contributed by atoms with van der Waals surface area (Å²) in [4.78, 5) is 4.17. The molecule has 0 aliphatic carbocycles. The van der Waals surface area contributed by atoms with Gasteiger partial charge in [0.25, 0.3) is 0 Å². The highest BCUT2D eigenvalue weighted by molar-refractivity contribution is 5.84. The Morgan fingerprint density at radius 2 is 1.88 bits per heavy atom. The van der Waals surface area contributed by atoms with Crippen LogP contribution in [0.5, 0.6) is 0 Å². The molecule has 26 heavy (non-hydrogen) atoms. The van der Waals surface area contributed by atoms with Crippen molar-refractivity contribution in [3.63, 3.8) is 0 Å². The summed E-state index contributed by atoms with van der Waals surface area (Å²) in [5.41, 5.74) is 10.2. The van der Waals surface area contributed by atoms with Crippen molar-refractivity contribution in [3.05, 3.63) is 72.1 Å². The summed E-state index contributed by atoms with van der Waals surface area (Å²) < 4.78 is 1.88. The number of H-pyrrole nitrogens is 1. The number of hydrogen-bond donors (Lipinski definition) is 2. The second-order valence-electron chi connectivity index (χ2n) is 6.20. The third-order valence-corrected chi connectivity index (χ3v) is 4.42. The number of hydrogen-bond acceptors (Lipinski definition) is 5. The minimum atomic E-state index is 0.434. The van der Waals surface area contributed by atoms with Crippen LogP contribution in [0.2, 0.25) is 0 Å². The molecule has 3 N–H and O–H groups in total. The molecule has 0 fully saturated rings. The Morgan fingerprint density at radius 1 is 1.00 bits per heavy atom. The van der Waals surface area contributed by atoms with E-state index in [0.29, 0.717) is 17.9 Å². The predicted molar refractivity (Wildman–Crippen MR) is 100.0 cm³/mol. The van der Waals surface area contributed by atoms with Crippen molar-refractivity contribution in [1.82, 2.24) is 30.2 Å². The Labute approximate surface area is 148 Å². The first kappa shape index (κ1) is 14.6. The molecule has 0 saturated carbocycles. The Hall–Kier alpha value is -3.74. The normalized spacial score (nSPS) is 11.4. The monoisotopic (exact) mass is 341 g/mol. The van der Waals surface area contributed by atoms with E-state index in [-0.39, 0.29) is 0 Å². The van der Waals surface area contributed by atoms with Crippen molar-refractivity contribution < 1.29 is 0 Å². The molecule has 2 aromatic carbocycles. The molecular formula is C19H15N7. The van der Waals surface area contributed by atoms with Crippen LogP contribution in [0, 0.1) is 0 Å². The molecule has 0 unspecified atom stereocenters. The van der Waals surface area contributed by atoms with E-state index in [0.717, 1.165) is 22.3 Å². The number of pyridine rings is 1. The summed E-state index contributed by atoms with van der Waals surface area (Å²) in [5.74, 6) is 0.434. The average molecular weight is 341 g/mol. The fraction of sp³-hybridized carbons (Fsp3) is 0.0526. The van der Waals surface area contributed by atoms with Crippen molar-refractivity contribution in [2.24, 2.45) is 0 Å². The largest absolute Gasteiger partial charge is 0.384 e. The molecule has 0 saturated heterocycles. The maximum absolute atomic E-state index is 5.87. The Morgan fingerprint density at radius 3 is 2.81 bits per heavy atom. The quantitative estimate of drug-likeness (QED) is 0.526. The van der Waals surface area contributed by atoms with Crippen molar-refractivity contribution in [2.45, 2.75) is 6.42 Å². The summed E-state index contributed by atoms with van der Waals surface area (Å²) in [6.45, 7) is 0. The molecule has 0 radical (unpaired) electrons. The maximum atomic E-state index is 5.87. The van der Waals surface area contributed by atoms with Gasteiger partial charge in [-0.05, 0) is 40.1 Å². The lowest BCUT2D eigenvalue weighted by atomic mass is 10.1. The zero-order chi connectivity index (χ0) is 17.5. The standard InChI is InChI=1S/C19H15N7/c20-17-9-15(18-19(22-17)24-25-23-18)7-12-10-21-26(11-12)16-6-5-13-3-1-2-4-14(13)8-16/h1-6,8-11H,7H2,(H3,20,22,23,24,25). The van der Waals surface area contributed by atoms with Crippen LogP contribution in [0.4, 0.5) is 5.82 Å². The second-order valence-corrected chi connectivity index (χ2v) is 6.20. The highest BCUT2D eigenvalue weighted by Gasteiger charge is 2.11. The van der Waals surface area contributed by atoms with Gasteiger partial charge in [0.2, 0.25) is 5.65 Å². The Kier molecular flexibility index (Phi) is 3.18. The lowest BCUT2D eigenvalue weighted by molar-refractivity contribution is 0.881. The third kappa shape index (κ3) is 2.46. The molecule has 0 atom stereocenters. The van der Waals surface area contributed by atoms with E-state index in [2.05, 4.69) is 55.8 Å². The zero-order valence-corrected chi connectivity index (χ0v) is 13.8. The molecule has 0 bridgehead atoms. The van der Waals surface area contributed by atoms with Crippen molar-refractivity contribution in [3.8, 4) is 5.69 Å². The van der Waals surface area contributed by atoms with Gasteiger partial charge < -0.3 is 5.73 Å². The number of nitrogens with one attached hydrogen (secondary N) is 1. The number of fused-ring (bicyclic) bond motifs is 2. The van der Waals surface area contributed by atoms with E-state index in [9.17, 15) is 0 Å². The van der Waals surface area contributed by atoms with Gasteiger partial charge in [-0.2, -0.15) is 15.4 Å². The molecule has 0 spiro atoms. The van der Waals surface area contributed by atoms with Gasteiger partial charge in [-0.3, -0.25) is 0 Å². The van der Waals surface area contributed by atoms with Gasteiger partial charge in [-0.25, -0.2) is 9.67 Å². The average Bonchev–Trinajstić information content (AvgIpc) is 3.30. The maximum Gasteiger partial charge on any atom is 0.203 e. The minimum Gasteiger partial charge on any atom is -0.384 e. The SMILES string of the molecule is Nc1cc(Cc2cnn(-c3ccc4ccccc4c3)c2)c2n[nH]nc2n1. The van der Waals surface area contributed by atoms with E-state index in [4.69, 9.17) is 5.73 Å². The van der Waals surface area contributed by atoms with E-state index in [1.807, 2.05) is 35.3 Å². The number of nitrogens with zero attached hydrogens (tertiary/aromatic N) is 5. The predicted octanol–water partition coefficient (Wildman–Crippen LogP) is 2.86. The van der Waals surface area contributed by atoms with E-state index < -0.39 is 0 Å². The second kappa shape index (κ2) is 5.66. The van der Waals surface area contributed by atoms with Crippen LogP contribution in [-0.2, 0) is 6.42 Å². The van der Waals surface area contributed by atoms with Crippen molar-refractivity contribution in [1.29, 1.82) is 0 Å². The van der Waals surface area contributed by atoms with Gasteiger partial charge >= 0.3 is 0 Å². The van der Waals surface area contributed by atoms with Gasteiger partial charge in [-0.1, -0.05) is 30.3 Å². The number of nitrogens with two attached hydrogens (primary N) is 1. The highest BCUT2D eigenvalue weighted by atomic mass is 15.3. The van der Waals surface area contributed by atoms with Gasteiger partial charge in [0, 0.05) is 12.6 Å². The zero-order valence-electron chi connectivity index (χ0n) is 13.8. The molecule has 7 nitrogen and oxygen atoms in total. The van der Waals surface area contributed by atoms with Crippen LogP contribution in [0.25, 0.3) is 27.6 Å². The van der Waals surface area contributed by atoms with E-state index in [1.165, 1.54) is 10.8 Å². The number of nitrogen functional groups attached to an aromatic ring is 1. The highest BCUT2D eigenvalue weighted by Crippen LogP contribution is 2.21. The van der Waals surface area contributed by atoms with Gasteiger partial charge in [-0.15, -0.1) is 5.10 Å². The summed E-state index contributed by atoms with van der Waals surface area (Å²) in [5, 5.41) is 17.7. The van der Waals surface area contributed by atoms with Crippen LogP contribution in [0.3, 0.4) is 0 Å². The molecule has 5 rings (SSSR count). The lowest BCUT2D eigenvalue weighted by Crippen LogP contribution is -1.96. The number of anilines is 1. The van der Waals surface area contributed by atoms with Gasteiger partial charge in [0.15, 0.2) is 0 Å². The molecule has 0 aliphatic heterocycles. The number of aromatic nitrogens is 6. The minimum absolute atomic E-state index is 0.434. The van der Waals surface area contributed by atoms with Crippen LogP contribution in [0.15, 0.2) is 60.9 Å². The molecule has 3 aromatic heterocycles. The smallest absolute Gasteiger partial charge is 0.203 e. The van der Waals surface area contributed by atoms with Crippen LogP contribution < -0.4 is 5.73 Å². The molecule has 126 valence electrons. The topological polar surface area (TPSA) is 98.3 Å². The Balaban J connectivity index is 1.50. The first-order valence-corrected chi connectivity index (χ1v) is 8.25. The van der Waals surface area contributed by atoms with Crippen molar-refractivity contribution in [2.75, 3.05) is 5.73 Å². The summed E-state index contributed by atoms with van der Waals surface area (Å²) in [6.07, 6.45) is 4.54. The molecule has 0 amide bonds. The van der Waals surface area contributed by atoms with Crippen LogP contribution in [-0.4, -0.2) is 30.2 Å². The summed E-state index contributed by atoms with van der Waals surface area (Å²) in [6, 6.07) is 16.4. The van der Waals surface area contributed by atoms with E-state index in [1.54, 1.807) is 0 Å². The third-order valence-electron chi connectivity index (χ3n) is 4.42. The number of aromatic amines is 1. The first-order valence-electron chi connectivity index (χ1n) is 8.25. The molecular weight excluding hydrogens is 326 g/mol. The number of benzene rings is 2. The fourth-order valence-corrected chi connectivity index (χ4v) is 3.19. The molecule has 7 heteroatoms. The Bertz CT molecular complexity index is 1240. The van der Waals surface area contributed by atoms with Crippen LogP contribution in [0.1, 0.15) is 11.1 Å². The molecule has 5 aromatic rings. The van der Waals surface area contributed by atoms with Crippen LogP contribution >= 0.6 is 0 Å². The molecule has 3 heterocycles. The number of rotatable bonds is 3. The summed E-state index contributed by atoms with van der Waals surface area (Å²) in [7, 11) is 0. The van der Waals surface area contributed by atoms with Gasteiger partial charge in [0.1, 0.15) is 11.3 Å².